The van der Waals surface area contributed by atoms with E-state index >= 15 is 0 Å². The lowest BCUT2D eigenvalue weighted by Crippen LogP contribution is -2.53. The molecule has 3 fully saturated rings. The van der Waals surface area contributed by atoms with Gasteiger partial charge in [0.05, 0.1) is 6.10 Å². The number of rotatable bonds is 2. The van der Waals surface area contributed by atoms with Gasteiger partial charge in [0.1, 0.15) is 0 Å². The number of nitrogens with zero attached hydrogens (tertiary/aromatic N) is 1. The van der Waals surface area contributed by atoms with Gasteiger partial charge in [-0.05, 0) is 91.4 Å². The molecule has 0 heterocycles. The van der Waals surface area contributed by atoms with Crippen molar-refractivity contribution in [3.63, 3.8) is 0 Å². The highest BCUT2D eigenvalue weighted by Gasteiger charge is 2.59. The fraction of sp³-hybridized carbons (Fsp3) is 0.900. The Labute approximate surface area is 144 Å². The second kappa shape index (κ2) is 5.55. The molecule has 1 N–H and O–H groups in total. The minimum atomic E-state index is -0.175. The van der Waals surface area contributed by atoms with Crippen LogP contribution in [0.2, 0.25) is 0 Å². The van der Waals surface area contributed by atoms with Crippen LogP contribution in [-0.4, -0.2) is 22.7 Å². The summed E-state index contributed by atoms with van der Waals surface area (Å²) in [5.41, 5.74) is 1.52. The van der Waals surface area contributed by atoms with Gasteiger partial charge in [-0.25, -0.2) is 0 Å². The fourth-order valence-corrected chi connectivity index (χ4v) is 7.22. The molecule has 0 radical (unpaired) electrons. The normalized spacial score (nSPS) is 50.5. The van der Waals surface area contributed by atoms with Gasteiger partial charge in [-0.2, -0.15) is 0 Å². The Hall–Kier alpha value is -0.900. The topological polar surface area (TPSA) is 63.4 Å². The van der Waals surface area contributed by atoms with Gasteiger partial charge in [-0.1, -0.05) is 19.9 Å². The van der Waals surface area contributed by atoms with E-state index in [2.05, 4.69) is 19.9 Å². The largest absolute Gasteiger partial charge is 0.393 e. The Bertz CT molecular complexity index is 573. The van der Waals surface area contributed by atoms with Gasteiger partial charge in [0.15, 0.2) is 0 Å². The van der Waals surface area contributed by atoms with Gasteiger partial charge in [0.25, 0.3) is 0 Å². The molecule has 0 saturated heterocycles. The number of nitro groups is 1. The monoisotopic (exact) mass is 333 g/mol. The van der Waals surface area contributed by atoms with Crippen molar-refractivity contribution in [1.82, 2.24) is 0 Å². The molecule has 0 bridgehead atoms. The quantitative estimate of drug-likeness (QED) is 0.468. The van der Waals surface area contributed by atoms with E-state index in [-0.39, 0.29) is 23.0 Å². The lowest BCUT2D eigenvalue weighted by atomic mass is 9.45. The molecular weight excluding hydrogens is 302 g/mol. The van der Waals surface area contributed by atoms with Crippen LogP contribution in [-0.2, 0) is 0 Å². The van der Waals surface area contributed by atoms with E-state index in [1.54, 1.807) is 0 Å². The summed E-state index contributed by atoms with van der Waals surface area (Å²) in [5.74, 6) is 2.81. The van der Waals surface area contributed by atoms with Crippen molar-refractivity contribution in [2.75, 3.05) is 6.54 Å². The Balaban J connectivity index is 1.58. The zero-order chi connectivity index (χ0) is 17.1. The van der Waals surface area contributed by atoms with E-state index in [0.29, 0.717) is 17.3 Å². The average molecular weight is 333 g/mol. The number of hydrogen-bond donors (Lipinski definition) is 1. The summed E-state index contributed by atoms with van der Waals surface area (Å²) < 4.78 is 0. The molecule has 0 unspecified atom stereocenters. The van der Waals surface area contributed by atoms with E-state index < -0.39 is 0 Å². The van der Waals surface area contributed by atoms with E-state index in [9.17, 15) is 15.2 Å². The molecule has 0 spiro atoms. The molecule has 0 aromatic carbocycles. The predicted octanol–water partition coefficient (Wildman–Crippen LogP) is 4.20. The molecule has 0 aromatic rings. The smallest absolute Gasteiger partial charge is 0.224 e. The third kappa shape index (κ3) is 2.28. The van der Waals surface area contributed by atoms with Crippen molar-refractivity contribution in [2.24, 2.45) is 34.5 Å². The molecule has 24 heavy (non-hydrogen) atoms. The van der Waals surface area contributed by atoms with E-state index in [1.165, 1.54) is 25.7 Å². The molecule has 134 valence electrons. The zero-order valence-electron chi connectivity index (χ0n) is 15.0. The van der Waals surface area contributed by atoms with Gasteiger partial charge in [0, 0.05) is 4.92 Å². The van der Waals surface area contributed by atoms with E-state index in [1.807, 2.05) is 0 Å². The number of aliphatic hydroxyl groups excluding tert-OH is 1. The number of hydrogen-bond acceptors (Lipinski definition) is 3. The van der Waals surface area contributed by atoms with Crippen LogP contribution in [0.4, 0.5) is 0 Å². The van der Waals surface area contributed by atoms with Crippen LogP contribution in [0.15, 0.2) is 11.6 Å². The summed E-state index contributed by atoms with van der Waals surface area (Å²) in [6.07, 6.45) is 11.1. The van der Waals surface area contributed by atoms with Crippen molar-refractivity contribution < 1.29 is 10.0 Å². The molecule has 0 aromatic heterocycles. The zero-order valence-corrected chi connectivity index (χ0v) is 15.0. The second-order valence-electron chi connectivity index (χ2n) is 9.56. The summed E-state index contributed by atoms with van der Waals surface area (Å²) in [5, 5.41) is 21.4. The fourth-order valence-electron chi connectivity index (χ4n) is 7.22. The van der Waals surface area contributed by atoms with Crippen LogP contribution in [0.1, 0.15) is 65.2 Å². The Morgan fingerprint density at radius 2 is 1.92 bits per heavy atom. The van der Waals surface area contributed by atoms with Crippen LogP contribution in [0.25, 0.3) is 0 Å². The van der Waals surface area contributed by atoms with Gasteiger partial charge in [0.2, 0.25) is 6.54 Å². The molecule has 4 rings (SSSR count). The van der Waals surface area contributed by atoms with E-state index in [0.717, 1.165) is 43.1 Å². The summed E-state index contributed by atoms with van der Waals surface area (Å²) >= 11 is 0. The van der Waals surface area contributed by atoms with Crippen LogP contribution in [0, 0.1) is 44.6 Å². The maximum atomic E-state index is 10.9. The standard InChI is InChI=1S/C20H31NO3/c1-19-9-7-13(12-21(23)24)11-14(19)3-4-15-16-5-6-18(22)20(16,2)10-8-17(15)19/h7,14-18,22H,3-6,8-12H2,1-2H3/t14-,15-,16-,17-,18-,19-,20-/m0/s1. The SMILES string of the molecule is C[C@]12CC=C(C[N+](=O)[O-])C[C@@H]1CC[C@@H]1[C@@H]2CC[C@]2(C)[C@@H](O)CC[C@@H]12. The van der Waals surface area contributed by atoms with Crippen molar-refractivity contribution in [3.05, 3.63) is 21.8 Å². The van der Waals surface area contributed by atoms with Crippen molar-refractivity contribution in [3.8, 4) is 0 Å². The van der Waals surface area contributed by atoms with Gasteiger partial charge < -0.3 is 5.11 Å². The molecule has 7 atom stereocenters. The van der Waals surface area contributed by atoms with Crippen LogP contribution in [0.5, 0.6) is 0 Å². The molecular formula is C20H31NO3. The van der Waals surface area contributed by atoms with Crippen molar-refractivity contribution in [2.45, 2.75) is 71.3 Å². The van der Waals surface area contributed by atoms with Crippen LogP contribution < -0.4 is 0 Å². The number of fused-ring (bicyclic) bond motifs is 5. The highest BCUT2D eigenvalue weighted by molar-refractivity contribution is 5.17. The van der Waals surface area contributed by atoms with Crippen molar-refractivity contribution >= 4 is 0 Å². The highest BCUT2D eigenvalue weighted by atomic mass is 16.6. The van der Waals surface area contributed by atoms with Crippen LogP contribution in [0.3, 0.4) is 0 Å². The third-order valence-electron chi connectivity index (χ3n) is 8.69. The molecule has 3 saturated carbocycles. The molecule has 4 aliphatic rings. The van der Waals surface area contributed by atoms with Crippen LogP contribution >= 0.6 is 0 Å². The summed E-state index contributed by atoms with van der Waals surface area (Å²) in [6, 6.07) is 0. The predicted molar refractivity (Wildman–Crippen MR) is 93.1 cm³/mol. The number of aliphatic hydroxyl groups is 1. The lowest BCUT2D eigenvalue weighted by molar-refractivity contribution is -0.471. The molecule has 0 aliphatic heterocycles. The van der Waals surface area contributed by atoms with E-state index in [4.69, 9.17) is 0 Å². The molecule has 4 heteroatoms. The minimum Gasteiger partial charge on any atom is -0.393 e. The van der Waals surface area contributed by atoms with Gasteiger partial charge >= 0.3 is 0 Å². The third-order valence-corrected chi connectivity index (χ3v) is 8.69. The van der Waals surface area contributed by atoms with Gasteiger partial charge in [-0.3, -0.25) is 10.1 Å². The maximum absolute atomic E-state index is 10.9. The first-order valence-corrected chi connectivity index (χ1v) is 9.82. The Morgan fingerprint density at radius 1 is 1.17 bits per heavy atom. The highest BCUT2D eigenvalue weighted by Crippen LogP contribution is 2.65. The van der Waals surface area contributed by atoms with Crippen molar-refractivity contribution in [1.29, 1.82) is 0 Å². The summed E-state index contributed by atoms with van der Waals surface area (Å²) in [7, 11) is 0. The second-order valence-corrected chi connectivity index (χ2v) is 9.56. The summed E-state index contributed by atoms with van der Waals surface area (Å²) in [4.78, 5) is 10.7. The lowest BCUT2D eigenvalue weighted by Gasteiger charge is -2.59. The maximum Gasteiger partial charge on any atom is 0.224 e. The first-order valence-electron chi connectivity index (χ1n) is 9.82. The number of allylic oxidation sites excluding steroid dienone is 1. The first kappa shape index (κ1) is 16.6. The Kier molecular flexibility index (Phi) is 3.83. The summed E-state index contributed by atoms with van der Waals surface area (Å²) in [6.45, 7) is 4.82. The average Bonchev–Trinajstić information content (AvgIpc) is 2.83. The Morgan fingerprint density at radius 3 is 2.67 bits per heavy atom. The minimum absolute atomic E-state index is 0.0353. The first-order chi connectivity index (χ1) is 11.3. The molecule has 0 amide bonds. The molecule has 4 aliphatic carbocycles. The van der Waals surface area contributed by atoms with Gasteiger partial charge in [-0.15, -0.1) is 0 Å². The molecule has 4 nitrogen and oxygen atoms in total.